The zero-order valence-electron chi connectivity index (χ0n) is 10.9. The Morgan fingerprint density at radius 3 is 2.28 bits per heavy atom. The second kappa shape index (κ2) is 3.85. The van der Waals surface area contributed by atoms with Crippen LogP contribution in [-0.2, 0) is 5.41 Å². The van der Waals surface area contributed by atoms with Crippen LogP contribution in [0.25, 0.3) is 0 Å². The molecule has 4 aliphatic rings. The van der Waals surface area contributed by atoms with Gasteiger partial charge < -0.3 is 0 Å². The van der Waals surface area contributed by atoms with Crippen molar-refractivity contribution in [3.63, 3.8) is 0 Å². The molecule has 0 radical (unpaired) electrons. The molecule has 0 heterocycles. The fourth-order valence-corrected chi connectivity index (χ4v) is 6.39. The molecule has 1 heteroatoms. The van der Waals surface area contributed by atoms with E-state index >= 15 is 0 Å². The molecule has 0 aliphatic heterocycles. The van der Waals surface area contributed by atoms with Gasteiger partial charge in [-0.1, -0.05) is 46.3 Å². The Balaban J connectivity index is 1.78. The van der Waals surface area contributed by atoms with E-state index < -0.39 is 0 Å². The van der Waals surface area contributed by atoms with Gasteiger partial charge in [-0.15, -0.1) is 0 Å². The van der Waals surface area contributed by atoms with E-state index in [0.29, 0.717) is 10.8 Å². The summed E-state index contributed by atoms with van der Waals surface area (Å²) in [5.74, 6) is 2.01. The highest BCUT2D eigenvalue weighted by Crippen LogP contribution is 2.66. The van der Waals surface area contributed by atoms with Crippen molar-refractivity contribution in [1.29, 1.82) is 0 Å². The van der Waals surface area contributed by atoms with Gasteiger partial charge in [0, 0.05) is 5.33 Å². The van der Waals surface area contributed by atoms with Crippen molar-refractivity contribution in [2.75, 3.05) is 5.33 Å². The molecule has 0 nitrogen and oxygen atoms in total. The van der Waals surface area contributed by atoms with Crippen LogP contribution in [0.2, 0.25) is 0 Å². The van der Waals surface area contributed by atoms with Gasteiger partial charge in [0.15, 0.2) is 0 Å². The molecule has 18 heavy (non-hydrogen) atoms. The largest absolute Gasteiger partial charge is 0.0922 e. The predicted octanol–water partition coefficient (Wildman–Crippen LogP) is 4.92. The number of halogens is 1. The summed E-state index contributed by atoms with van der Waals surface area (Å²) < 4.78 is 0. The molecule has 4 saturated carbocycles. The first-order valence-corrected chi connectivity index (χ1v) is 8.47. The maximum absolute atomic E-state index is 3.83. The fourth-order valence-electron chi connectivity index (χ4n) is 5.74. The molecule has 2 atom stereocenters. The van der Waals surface area contributed by atoms with Gasteiger partial charge in [-0.25, -0.2) is 0 Å². The van der Waals surface area contributed by atoms with Crippen LogP contribution in [0.1, 0.15) is 44.1 Å². The predicted molar refractivity (Wildman–Crippen MR) is 79.0 cm³/mol. The highest BCUT2D eigenvalue weighted by molar-refractivity contribution is 9.09. The number of benzene rings is 1. The second-order valence-electron chi connectivity index (χ2n) is 7.24. The Hall–Kier alpha value is -0.300. The molecule has 0 spiro atoms. The maximum atomic E-state index is 3.83. The SMILES string of the molecule is BrCC12CC3CC(C1)CC(c1ccccc1)(C3)C2. The molecule has 1 aromatic carbocycles. The summed E-state index contributed by atoms with van der Waals surface area (Å²) in [6.45, 7) is 0. The Morgan fingerprint density at radius 1 is 1.00 bits per heavy atom. The third-order valence-corrected chi connectivity index (χ3v) is 7.04. The van der Waals surface area contributed by atoms with Crippen molar-refractivity contribution in [3.05, 3.63) is 35.9 Å². The van der Waals surface area contributed by atoms with Crippen LogP contribution in [0.3, 0.4) is 0 Å². The first-order chi connectivity index (χ1) is 8.74. The lowest BCUT2D eigenvalue weighted by molar-refractivity contribution is -0.0581. The van der Waals surface area contributed by atoms with E-state index in [2.05, 4.69) is 46.3 Å². The number of rotatable bonds is 2. The van der Waals surface area contributed by atoms with Crippen LogP contribution in [0, 0.1) is 17.3 Å². The third kappa shape index (κ3) is 1.56. The minimum Gasteiger partial charge on any atom is -0.0922 e. The molecule has 1 aromatic rings. The summed E-state index contributed by atoms with van der Waals surface area (Å²) in [6.07, 6.45) is 8.85. The zero-order chi connectivity index (χ0) is 12.2. The maximum Gasteiger partial charge on any atom is 0.00884 e. The van der Waals surface area contributed by atoms with E-state index in [0.717, 1.165) is 11.8 Å². The minimum atomic E-state index is 0.527. The molecular weight excluding hydrogens is 284 g/mol. The second-order valence-corrected chi connectivity index (χ2v) is 7.80. The summed E-state index contributed by atoms with van der Waals surface area (Å²) in [6, 6.07) is 11.4. The Labute approximate surface area is 118 Å². The molecule has 0 amide bonds. The van der Waals surface area contributed by atoms with Crippen LogP contribution >= 0.6 is 15.9 Å². The number of hydrogen-bond acceptors (Lipinski definition) is 0. The monoisotopic (exact) mass is 304 g/mol. The Kier molecular flexibility index (Phi) is 2.46. The van der Waals surface area contributed by atoms with E-state index in [4.69, 9.17) is 0 Å². The van der Waals surface area contributed by atoms with E-state index in [1.54, 1.807) is 5.56 Å². The molecule has 0 N–H and O–H groups in total. The average molecular weight is 305 g/mol. The summed E-state index contributed by atoms with van der Waals surface area (Å²) in [5, 5.41) is 1.22. The van der Waals surface area contributed by atoms with Crippen molar-refractivity contribution in [1.82, 2.24) is 0 Å². The quantitative estimate of drug-likeness (QED) is 0.680. The van der Waals surface area contributed by atoms with Gasteiger partial charge in [0.1, 0.15) is 0 Å². The van der Waals surface area contributed by atoms with Gasteiger partial charge in [-0.3, -0.25) is 0 Å². The van der Waals surface area contributed by atoms with Crippen LogP contribution < -0.4 is 0 Å². The molecule has 2 unspecified atom stereocenters. The first-order valence-electron chi connectivity index (χ1n) is 7.35. The molecule has 0 saturated heterocycles. The highest BCUT2D eigenvalue weighted by Gasteiger charge is 2.57. The normalized spacial score (nSPS) is 45.4. The molecule has 4 fully saturated rings. The number of hydrogen-bond donors (Lipinski definition) is 0. The van der Waals surface area contributed by atoms with Crippen molar-refractivity contribution >= 4 is 15.9 Å². The molecule has 4 bridgehead atoms. The third-order valence-electron chi connectivity index (χ3n) is 5.85. The topological polar surface area (TPSA) is 0 Å². The Morgan fingerprint density at radius 2 is 1.67 bits per heavy atom. The van der Waals surface area contributed by atoms with Crippen LogP contribution in [0.5, 0.6) is 0 Å². The smallest absolute Gasteiger partial charge is 0.00884 e. The van der Waals surface area contributed by atoms with Gasteiger partial charge in [0.05, 0.1) is 0 Å². The molecule has 96 valence electrons. The van der Waals surface area contributed by atoms with E-state index in [1.165, 1.54) is 43.9 Å². The van der Waals surface area contributed by atoms with Crippen molar-refractivity contribution < 1.29 is 0 Å². The molecule has 4 aliphatic carbocycles. The highest BCUT2D eigenvalue weighted by atomic mass is 79.9. The van der Waals surface area contributed by atoms with Crippen LogP contribution in [0.4, 0.5) is 0 Å². The van der Waals surface area contributed by atoms with Gasteiger partial charge in [-0.05, 0) is 66.8 Å². The van der Waals surface area contributed by atoms with E-state index in [-0.39, 0.29) is 0 Å². The molecule has 0 aromatic heterocycles. The van der Waals surface area contributed by atoms with Gasteiger partial charge in [0.25, 0.3) is 0 Å². The number of alkyl halides is 1. The van der Waals surface area contributed by atoms with Crippen molar-refractivity contribution in [3.8, 4) is 0 Å². The van der Waals surface area contributed by atoms with E-state index in [9.17, 15) is 0 Å². The van der Waals surface area contributed by atoms with Gasteiger partial charge in [0.2, 0.25) is 0 Å². The van der Waals surface area contributed by atoms with Crippen molar-refractivity contribution in [2.45, 2.75) is 43.9 Å². The van der Waals surface area contributed by atoms with Gasteiger partial charge >= 0.3 is 0 Å². The fraction of sp³-hybridized carbons (Fsp3) is 0.647. The molecule has 5 rings (SSSR count). The summed E-state index contributed by atoms with van der Waals surface area (Å²) in [4.78, 5) is 0. The Bertz CT molecular complexity index is 436. The van der Waals surface area contributed by atoms with Gasteiger partial charge in [-0.2, -0.15) is 0 Å². The summed E-state index contributed by atoms with van der Waals surface area (Å²) in [5.41, 5.74) is 2.78. The minimum absolute atomic E-state index is 0.527. The first kappa shape index (κ1) is 11.5. The van der Waals surface area contributed by atoms with Crippen LogP contribution in [0.15, 0.2) is 30.3 Å². The standard InChI is InChI=1S/C17H21Br/c18-12-16-7-13-6-14(8-16)10-17(9-13,11-16)15-4-2-1-3-5-15/h1-5,13-14H,6-12H2. The summed E-state index contributed by atoms with van der Waals surface area (Å²) >= 11 is 3.83. The lowest BCUT2D eigenvalue weighted by Gasteiger charge is -2.62. The van der Waals surface area contributed by atoms with Crippen LogP contribution in [-0.4, -0.2) is 5.33 Å². The zero-order valence-corrected chi connectivity index (χ0v) is 12.5. The average Bonchev–Trinajstić information content (AvgIpc) is 2.38. The van der Waals surface area contributed by atoms with Crippen molar-refractivity contribution in [2.24, 2.45) is 17.3 Å². The summed E-state index contributed by atoms with van der Waals surface area (Å²) in [7, 11) is 0. The molecular formula is C17H21Br. The lowest BCUT2D eigenvalue weighted by atomic mass is 9.43. The van der Waals surface area contributed by atoms with E-state index in [1.807, 2.05) is 0 Å². The lowest BCUT2D eigenvalue weighted by Crippen LogP contribution is -2.54.